The molecule has 0 aliphatic carbocycles. The van der Waals surface area contributed by atoms with E-state index >= 15 is 0 Å². The number of aromatic nitrogens is 2. The number of terminal acetylenes is 1. The zero-order valence-electron chi connectivity index (χ0n) is 9.85. The number of aromatic amines is 1. The molecule has 1 aliphatic heterocycles. The molecule has 1 aromatic heterocycles. The van der Waals surface area contributed by atoms with Gasteiger partial charge in [0.1, 0.15) is 18.0 Å². The van der Waals surface area contributed by atoms with Gasteiger partial charge < -0.3 is 4.74 Å². The summed E-state index contributed by atoms with van der Waals surface area (Å²) in [6.07, 6.45) is 4.62. The molecule has 1 aromatic rings. The summed E-state index contributed by atoms with van der Waals surface area (Å²) in [5.41, 5.74) is -1.25. The SMILES string of the molecule is C#Cc1cn([C@H]2C[C@@H](F)[C@@H](CC)O2)c(=O)[nH]c1=O. The molecule has 5 nitrogen and oxygen atoms in total. The van der Waals surface area contributed by atoms with Crippen molar-refractivity contribution < 1.29 is 9.13 Å². The van der Waals surface area contributed by atoms with Gasteiger partial charge in [-0.3, -0.25) is 14.3 Å². The summed E-state index contributed by atoms with van der Waals surface area (Å²) in [7, 11) is 0. The van der Waals surface area contributed by atoms with Crippen LogP contribution in [-0.4, -0.2) is 21.8 Å². The van der Waals surface area contributed by atoms with Gasteiger partial charge in [0.05, 0.1) is 6.10 Å². The fourth-order valence-corrected chi connectivity index (χ4v) is 2.02. The minimum absolute atomic E-state index is 0.0218. The molecule has 96 valence electrons. The number of halogens is 1. The van der Waals surface area contributed by atoms with Gasteiger partial charge in [0, 0.05) is 12.6 Å². The van der Waals surface area contributed by atoms with Crippen LogP contribution in [0.5, 0.6) is 0 Å². The van der Waals surface area contributed by atoms with Crippen LogP contribution in [0.25, 0.3) is 0 Å². The first-order chi connectivity index (χ1) is 8.56. The van der Waals surface area contributed by atoms with Crippen LogP contribution in [0.1, 0.15) is 31.6 Å². The molecule has 0 aromatic carbocycles. The van der Waals surface area contributed by atoms with Crippen molar-refractivity contribution in [2.45, 2.75) is 38.3 Å². The zero-order valence-corrected chi connectivity index (χ0v) is 9.85. The molecule has 0 spiro atoms. The van der Waals surface area contributed by atoms with E-state index in [4.69, 9.17) is 11.2 Å². The van der Waals surface area contributed by atoms with Gasteiger partial charge in [0.15, 0.2) is 0 Å². The molecular weight excluding hydrogens is 239 g/mol. The highest BCUT2D eigenvalue weighted by atomic mass is 19.1. The molecule has 1 saturated heterocycles. The summed E-state index contributed by atoms with van der Waals surface area (Å²) in [5, 5.41) is 0. The Bertz CT molecular complexity index is 599. The maximum absolute atomic E-state index is 13.6. The van der Waals surface area contributed by atoms with Crippen LogP contribution >= 0.6 is 0 Å². The van der Waals surface area contributed by atoms with Crippen LogP contribution in [0.4, 0.5) is 4.39 Å². The van der Waals surface area contributed by atoms with Crippen LogP contribution in [0.3, 0.4) is 0 Å². The van der Waals surface area contributed by atoms with E-state index in [1.165, 1.54) is 6.20 Å². The van der Waals surface area contributed by atoms with Crippen LogP contribution in [0.15, 0.2) is 15.8 Å². The predicted octanol–water partition coefficient (Wildman–Crippen LogP) is 0.553. The number of hydrogen-bond donors (Lipinski definition) is 1. The Morgan fingerprint density at radius 1 is 1.67 bits per heavy atom. The predicted molar refractivity (Wildman–Crippen MR) is 63.0 cm³/mol. The Kier molecular flexibility index (Phi) is 3.34. The molecule has 1 fully saturated rings. The molecule has 18 heavy (non-hydrogen) atoms. The second kappa shape index (κ2) is 4.78. The van der Waals surface area contributed by atoms with Crippen molar-refractivity contribution >= 4 is 0 Å². The van der Waals surface area contributed by atoms with E-state index < -0.39 is 29.8 Å². The summed E-state index contributed by atoms with van der Waals surface area (Å²) in [6, 6.07) is 0. The lowest BCUT2D eigenvalue weighted by Crippen LogP contribution is -2.33. The fraction of sp³-hybridized carbons (Fsp3) is 0.500. The van der Waals surface area contributed by atoms with Crippen LogP contribution in [0, 0.1) is 12.3 Å². The summed E-state index contributed by atoms with van der Waals surface area (Å²) < 4.78 is 20.1. The van der Waals surface area contributed by atoms with Gasteiger partial charge in [-0.15, -0.1) is 6.42 Å². The van der Waals surface area contributed by atoms with E-state index in [-0.39, 0.29) is 12.0 Å². The van der Waals surface area contributed by atoms with Crippen molar-refractivity contribution in [2.75, 3.05) is 0 Å². The highest BCUT2D eigenvalue weighted by Crippen LogP contribution is 2.31. The zero-order chi connectivity index (χ0) is 13.3. The van der Waals surface area contributed by atoms with Crippen molar-refractivity contribution in [2.24, 2.45) is 0 Å². The number of nitrogens with one attached hydrogen (secondary N) is 1. The Morgan fingerprint density at radius 2 is 2.39 bits per heavy atom. The molecular formula is C12H13FN2O3. The highest BCUT2D eigenvalue weighted by Gasteiger charge is 2.35. The Labute approximate surface area is 103 Å². The Morgan fingerprint density at radius 3 is 2.94 bits per heavy atom. The van der Waals surface area contributed by atoms with Gasteiger partial charge in [0.25, 0.3) is 5.56 Å². The third kappa shape index (κ3) is 2.09. The molecule has 3 atom stereocenters. The van der Waals surface area contributed by atoms with E-state index in [1.54, 1.807) is 0 Å². The Hall–Kier alpha value is -1.87. The van der Waals surface area contributed by atoms with Gasteiger partial charge >= 0.3 is 5.69 Å². The number of nitrogens with zero attached hydrogens (tertiary/aromatic N) is 1. The molecule has 0 bridgehead atoms. The lowest BCUT2D eigenvalue weighted by molar-refractivity contribution is -0.0117. The van der Waals surface area contributed by atoms with Gasteiger partial charge in [-0.1, -0.05) is 12.8 Å². The van der Waals surface area contributed by atoms with Crippen LogP contribution in [0.2, 0.25) is 0 Å². The lowest BCUT2D eigenvalue weighted by atomic mass is 10.1. The van der Waals surface area contributed by atoms with E-state index in [2.05, 4.69) is 10.9 Å². The molecule has 0 unspecified atom stereocenters. The van der Waals surface area contributed by atoms with E-state index in [9.17, 15) is 14.0 Å². The van der Waals surface area contributed by atoms with Gasteiger partial charge in [-0.05, 0) is 6.42 Å². The fourth-order valence-electron chi connectivity index (χ4n) is 2.02. The molecule has 1 aliphatic rings. The number of hydrogen-bond acceptors (Lipinski definition) is 3. The second-order valence-corrected chi connectivity index (χ2v) is 4.14. The van der Waals surface area contributed by atoms with Crippen molar-refractivity contribution in [1.29, 1.82) is 0 Å². The number of rotatable bonds is 2. The molecule has 1 N–H and O–H groups in total. The summed E-state index contributed by atoms with van der Waals surface area (Å²) in [4.78, 5) is 25.0. The minimum Gasteiger partial charge on any atom is -0.352 e. The number of H-pyrrole nitrogens is 1. The third-order valence-electron chi connectivity index (χ3n) is 3.00. The highest BCUT2D eigenvalue weighted by molar-refractivity contribution is 5.26. The smallest absolute Gasteiger partial charge is 0.330 e. The largest absolute Gasteiger partial charge is 0.352 e. The summed E-state index contributed by atoms with van der Waals surface area (Å²) >= 11 is 0. The van der Waals surface area contributed by atoms with Crippen LogP contribution < -0.4 is 11.2 Å². The van der Waals surface area contributed by atoms with E-state index in [0.29, 0.717) is 6.42 Å². The van der Waals surface area contributed by atoms with Crippen molar-refractivity contribution in [3.8, 4) is 12.3 Å². The number of alkyl halides is 1. The molecule has 2 rings (SSSR count). The Balaban J connectivity index is 2.39. The maximum Gasteiger partial charge on any atom is 0.330 e. The molecule has 0 saturated carbocycles. The second-order valence-electron chi connectivity index (χ2n) is 4.14. The van der Waals surface area contributed by atoms with Crippen LogP contribution in [-0.2, 0) is 4.74 Å². The summed E-state index contributed by atoms with van der Waals surface area (Å²) in [6.45, 7) is 1.81. The molecule has 0 amide bonds. The summed E-state index contributed by atoms with van der Waals surface area (Å²) in [5.74, 6) is 2.17. The topological polar surface area (TPSA) is 64.1 Å². The quantitative estimate of drug-likeness (QED) is 0.782. The molecule has 2 heterocycles. The normalized spacial score (nSPS) is 27.1. The molecule has 6 heteroatoms. The first-order valence-electron chi connectivity index (χ1n) is 5.68. The first-order valence-corrected chi connectivity index (χ1v) is 5.68. The van der Waals surface area contributed by atoms with Crippen molar-refractivity contribution in [3.05, 3.63) is 32.6 Å². The number of ether oxygens (including phenoxy) is 1. The van der Waals surface area contributed by atoms with Crippen molar-refractivity contribution in [3.63, 3.8) is 0 Å². The van der Waals surface area contributed by atoms with Gasteiger partial charge in [0.2, 0.25) is 0 Å². The first kappa shape index (κ1) is 12.6. The lowest BCUT2D eigenvalue weighted by Gasteiger charge is -2.14. The van der Waals surface area contributed by atoms with Gasteiger partial charge in [-0.25, -0.2) is 9.18 Å². The van der Waals surface area contributed by atoms with E-state index in [1.807, 2.05) is 6.92 Å². The average Bonchev–Trinajstić information content (AvgIpc) is 2.70. The maximum atomic E-state index is 13.6. The van der Waals surface area contributed by atoms with Crippen molar-refractivity contribution in [1.82, 2.24) is 9.55 Å². The minimum atomic E-state index is -1.12. The standard InChI is InChI=1S/C12H13FN2O3/c1-3-7-6-15(12(17)14-11(7)16)10-5-8(13)9(4-2)18-10/h1,6,8-10H,4-5H2,2H3,(H,14,16,17)/t8-,9-,10-/m1/s1. The van der Waals surface area contributed by atoms with E-state index in [0.717, 1.165) is 4.57 Å². The van der Waals surface area contributed by atoms with Gasteiger partial charge in [-0.2, -0.15) is 0 Å². The molecule has 0 radical (unpaired) electrons. The monoisotopic (exact) mass is 252 g/mol. The third-order valence-corrected chi connectivity index (χ3v) is 3.00. The average molecular weight is 252 g/mol.